The van der Waals surface area contributed by atoms with Crippen LogP contribution in [0.4, 0.5) is 9.59 Å². The first kappa shape index (κ1) is 65.0. The zero-order valence-corrected chi connectivity index (χ0v) is 45.4. The highest BCUT2D eigenvalue weighted by Crippen LogP contribution is 2.17. The largest absolute Gasteiger partial charge is 0.447 e. The minimum Gasteiger partial charge on any atom is -0.447 e. The molecule has 0 aliphatic carbocycles. The summed E-state index contributed by atoms with van der Waals surface area (Å²) >= 11 is 0. The fourth-order valence-corrected chi connectivity index (χ4v) is 9.27. The molecule has 3 amide bonds. The van der Waals surface area contributed by atoms with Gasteiger partial charge in [-0.05, 0) is 19.3 Å². The van der Waals surface area contributed by atoms with Crippen molar-refractivity contribution in [3.63, 3.8) is 0 Å². The molecule has 0 heterocycles. The summed E-state index contributed by atoms with van der Waals surface area (Å²) in [4.78, 5) is 38.1. The Labute approximate surface area is 417 Å². The van der Waals surface area contributed by atoms with Crippen LogP contribution in [0.2, 0.25) is 0 Å². The van der Waals surface area contributed by atoms with E-state index in [0.717, 1.165) is 44.9 Å². The van der Waals surface area contributed by atoms with E-state index in [0.29, 0.717) is 19.5 Å². The predicted octanol–water partition coefficient (Wildman–Crippen LogP) is 18.7. The lowest BCUT2D eigenvalue weighted by Crippen LogP contribution is -2.44. The Morgan fingerprint density at radius 2 is 0.507 bits per heavy atom. The Hall–Kier alpha value is -1.99. The maximum Gasteiger partial charge on any atom is 0.407 e. The molecule has 0 atom stereocenters. The molecular formula is C59H117N3O5. The second-order valence-corrected chi connectivity index (χ2v) is 20.6. The topological polar surface area (TPSA) is 106 Å². The lowest BCUT2D eigenvalue weighted by atomic mass is 10.0. The highest BCUT2D eigenvalue weighted by atomic mass is 16.6. The summed E-state index contributed by atoms with van der Waals surface area (Å²) in [5.74, 6) is -0.0888. The van der Waals surface area contributed by atoms with Gasteiger partial charge >= 0.3 is 12.2 Å². The van der Waals surface area contributed by atoms with E-state index in [-0.39, 0.29) is 19.1 Å². The maximum absolute atomic E-state index is 12.9. The van der Waals surface area contributed by atoms with Gasteiger partial charge in [0.15, 0.2) is 0 Å². The third kappa shape index (κ3) is 54.8. The van der Waals surface area contributed by atoms with Crippen molar-refractivity contribution in [3.8, 4) is 0 Å². The van der Waals surface area contributed by atoms with Gasteiger partial charge in [0.1, 0.15) is 13.2 Å². The van der Waals surface area contributed by atoms with Gasteiger partial charge in [-0.2, -0.15) is 0 Å². The van der Waals surface area contributed by atoms with Crippen LogP contribution >= 0.6 is 0 Å². The molecule has 3 N–H and O–H groups in total. The van der Waals surface area contributed by atoms with Crippen LogP contribution in [0.15, 0.2) is 0 Å². The van der Waals surface area contributed by atoms with E-state index in [1.165, 1.54) is 257 Å². The van der Waals surface area contributed by atoms with Crippen LogP contribution < -0.4 is 16.0 Å². The highest BCUT2D eigenvalue weighted by molar-refractivity contribution is 5.76. The van der Waals surface area contributed by atoms with Gasteiger partial charge in [0.25, 0.3) is 0 Å². The van der Waals surface area contributed by atoms with E-state index >= 15 is 0 Å². The second kappa shape index (κ2) is 56.6. The molecular weight excluding hydrogens is 831 g/mol. The summed E-state index contributed by atoms with van der Waals surface area (Å²) in [5, 5.41) is 8.72. The molecule has 67 heavy (non-hydrogen) atoms. The average Bonchev–Trinajstić information content (AvgIpc) is 3.33. The molecule has 0 aromatic heterocycles. The zero-order chi connectivity index (χ0) is 48.6. The van der Waals surface area contributed by atoms with Crippen LogP contribution in [0.5, 0.6) is 0 Å². The molecule has 0 rings (SSSR count). The van der Waals surface area contributed by atoms with Crippen molar-refractivity contribution in [1.82, 2.24) is 16.0 Å². The van der Waals surface area contributed by atoms with E-state index in [1.807, 2.05) is 0 Å². The second-order valence-electron chi connectivity index (χ2n) is 20.6. The smallest absolute Gasteiger partial charge is 0.407 e. The fraction of sp³-hybridized carbons (Fsp3) is 0.949. The van der Waals surface area contributed by atoms with Crippen molar-refractivity contribution in [2.75, 3.05) is 26.3 Å². The van der Waals surface area contributed by atoms with Crippen LogP contribution in [0.3, 0.4) is 0 Å². The molecule has 8 heteroatoms. The minimum absolute atomic E-state index is 0.0399. The zero-order valence-electron chi connectivity index (χ0n) is 45.4. The minimum atomic E-state index is -0.591. The van der Waals surface area contributed by atoms with E-state index < -0.39 is 18.2 Å². The van der Waals surface area contributed by atoms with Gasteiger partial charge in [-0.3, -0.25) is 4.79 Å². The monoisotopic (exact) mass is 948 g/mol. The molecule has 0 aliphatic rings. The standard InChI is InChI=1S/C59H117N3O5/c1-4-7-10-13-16-19-22-25-28-31-34-37-40-43-46-49-52-60-58(64)66-54-56(62-57(63)51-48-45-42-39-36-33-30-27-24-21-18-15-12-9-6-3)55-67-59(65)61-53-50-47-44-41-38-35-32-29-26-23-20-17-14-11-8-5-2/h56H,4-55H2,1-3H3,(H,60,64)(H,61,65)(H,62,63). The van der Waals surface area contributed by atoms with Crippen LogP contribution in [0.1, 0.15) is 329 Å². The molecule has 0 spiro atoms. The summed E-state index contributed by atoms with van der Waals surface area (Å²) in [6.45, 7) is 7.91. The SMILES string of the molecule is CCCCCCCCCCCCCCCCCCNC(=O)OCC(COC(=O)NCCCCCCCCCCCCCCCCCC)NC(=O)CCCCCCCCCCCCCCCCC. The van der Waals surface area contributed by atoms with Gasteiger partial charge in [-0.25, -0.2) is 9.59 Å². The van der Waals surface area contributed by atoms with Gasteiger partial charge < -0.3 is 25.4 Å². The van der Waals surface area contributed by atoms with E-state index in [4.69, 9.17) is 9.47 Å². The number of rotatable bonds is 55. The first-order valence-electron chi connectivity index (χ1n) is 30.1. The summed E-state index contributed by atoms with van der Waals surface area (Å²) in [6.07, 6.45) is 60.7. The molecule has 0 aliphatic heterocycles. The Morgan fingerprint density at radius 3 is 0.746 bits per heavy atom. The number of carbonyl (C=O) groups excluding carboxylic acids is 3. The van der Waals surface area contributed by atoms with Crippen molar-refractivity contribution in [2.24, 2.45) is 0 Å². The number of carbonyl (C=O) groups is 3. The van der Waals surface area contributed by atoms with Crippen molar-refractivity contribution >= 4 is 18.1 Å². The van der Waals surface area contributed by atoms with E-state index in [1.54, 1.807) is 0 Å². The van der Waals surface area contributed by atoms with Gasteiger partial charge in [0.2, 0.25) is 5.91 Å². The molecule has 0 fully saturated rings. The first-order valence-corrected chi connectivity index (χ1v) is 30.1. The first-order chi connectivity index (χ1) is 33.0. The molecule has 8 nitrogen and oxygen atoms in total. The number of hydrogen-bond acceptors (Lipinski definition) is 5. The maximum atomic E-state index is 12.9. The van der Waals surface area contributed by atoms with E-state index in [9.17, 15) is 14.4 Å². The third-order valence-electron chi connectivity index (χ3n) is 13.8. The number of alkyl carbamates (subject to hydrolysis) is 2. The fourth-order valence-electron chi connectivity index (χ4n) is 9.27. The van der Waals surface area contributed by atoms with Crippen LogP contribution in [-0.4, -0.2) is 50.4 Å². The molecule has 0 aromatic carbocycles. The van der Waals surface area contributed by atoms with Gasteiger partial charge in [-0.1, -0.05) is 303 Å². The van der Waals surface area contributed by atoms with Gasteiger partial charge in [0.05, 0.1) is 6.04 Å². The number of hydrogen-bond donors (Lipinski definition) is 3. The molecule has 0 bridgehead atoms. The summed E-state index contributed by atoms with van der Waals surface area (Å²) < 4.78 is 11.0. The lowest BCUT2D eigenvalue weighted by molar-refractivity contribution is -0.122. The van der Waals surface area contributed by atoms with Crippen molar-refractivity contribution < 1.29 is 23.9 Å². The lowest BCUT2D eigenvalue weighted by Gasteiger charge is -2.19. The number of ether oxygens (including phenoxy) is 2. The molecule has 0 saturated heterocycles. The van der Waals surface area contributed by atoms with Crippen LogP contribution in [-0.2, 0) is 14.3 Å². The third-order valence-corrected chi connectivity index (χ3v) is 13.8. The van der Waals surface area contributed by atoms with Crippen molar-refractivity contribution in [3.05, 3.63) is 0 Å². The number of unbranched alkanes of at least 4 members (excludes halogenated alkanes) is 44. The van der Waals surface area contributed by atoms with E-state index in [2.05, 4.69) is 36.7 Å². The highest BCUT2D eigenvalue weighted by Gasteiger charge is 2.17. The number of nitrogens with one attached hydrogen (secondary N) is 3. The van der Waals surface area contributed by atoms with Gasteiger partial charge in [0, 0.05) is 19.5 Å². The summed E-state index contributed by atoms with van der Waals surface area (Å²) in [5.41, 5.74) is 0. The molecule has 0 saturated carbocycles. The summed E-state index contributed by atoms with van der Waals surface area (Å²) in [7, 11) is 0. The van der Waals surface area contributed by atoms with Gasteiger partial charge in [-0.15, -0.1) is 0 Å². The average molecular weight is 949 g/mol. The van der Waals surface area contributed by atoms with Crippen LogP contribution in [0.25, 0.3) is 0 Å². The summed E-state index contributed by atoms with van der Waals surface area (Å²) in [6, 6.07) is -0.591. The normalized spacial score (nSPS) is 11.3. The predicted molar refractivity (Wildman–Crippen MR) is 289 cm³/mol. The Kier molecular flexibility index (Phi) is 54.9. The molecule has 0 unspecified atom stereocenters. The van der Waals surface area contributed by atoms with Crippen molar-refractivity contribution in [2.45, 2.75) is 335 Å². The Balaban J connectivity index is 4.28. The molecule has 398 valence electrons. The Bertz CT molecular complexity index is 958. The molecule has 0 radical (unpaired) electrons. The number of amides is 3. The van der Waals surface area contributed by atoms with Crippen molar-refractivity contribution in [1.29, 1.82) is 0 Å². The Morgan fingerprint density at radius 1 is 0.299 bits per heavy atom. The quantitative estimate of drug-likeness (QED) is 0.0527. The van der Waals surface area contributed by atoms with Crippen LogP contribution in [0, 0.1) is 0 Å². The molecule has 0 aromatic rings.